The molecule has 1 aliphatic rings. The number of ether oxygens (including phenoxy) is 3. The third-order valence-corrected chi connectivity index (χ3v) is 6.62. The van der Waals surface area contributed by atoms with E-state index in [4.69, 9.17) is 14.2 Å². The SMILES string of the molecule is CCOC(=O)c1cnc2c3c(c(Nc4cccn(-c5ccccn5)c4=O)nn12)OCCN3Cc1ccc(OC)cc1. The molecule has 0 saturated carbocycles. The Morgan fingerprint density at radius 1 is 1.10 bits per heavy atom. The maximum absolute atomic E-state index is 13.5. The molecule has 12 heteroatoms. The van der Waals surface area contributed by atoms with Crippen molar-refractivity contribution in [1.29, 1.82) is 0 Å². The van der Waals surface area contributed by atoms with Crippen molar-refractivity contribution in [2.75, 3.05) is 37.1 Å². The maximum atomic E-state index is 13.5. The Labute approximate surface area is 234 Å². The lowest BCUT2D eigenvalue weighted by Crippen LogP contribution is -2.33. The predicted octanol–water partition coefficient (Wildman–Crippen LogP) is 3.60. The number of nitrogens with zero attached hydrogens (tertiary/aromatic N) is 6. The molecule has 1 aliphatic heterocycles. The van der Waals surface area contributed by atoms with E-state index in [9.17, 15) is 9.59 Å². The average molecular weight is 554 g/mol. The highest BCUT2D eigenvalue weighted by atomic mass is 16.5. The van der Waals surface area contributed by atoms with Gasteiger partial charge in [0.15, 0.2) is 22.9 Å². The van der Waals surface area contributed by atoms with Gasteiger partial charge in [0, 0.05) is 18.9 Å². The Bertz CT molecular complexity index is 1770. The molecule has 0 amide bonds. The second-order valence-corrected chi connectivity index (χ2v) is 9.15. The topological polar surface area (TPSA) is 125 Å². The molecule has 0 radical (unpaired) electrons. The smallest absolute Gasteiger partial charge is 0.358 e. The maximum Gasteiger partial charge on any atom is 0.358 e. The number of carbonyl (C=O) groups excluding carboxylic acids is 1. The number of hydrogen-bond acceptors (Lipinski definition) is 10. The number of hydrogen-bond donors (Lipinski definition) is 1. The first-order chi connectivity index (χ1) is 20.1. The van der Waals surface area contributed by atoms with Crippen LogP contribution in [0, 0.1) is 0 Å². The zero-order chi connectivity index (χ0) is 28.3. The van der Waals surface area contributed by atoms with Crippen LogP contribution in [0.5, 0.6) is 11.5 Å². The fraction of sp³-hybridized carbons (Fsp3) is 0.207. The van der Waals surface area contributed by atoms with E-state index in [1.807, 2.05) is 30.3 Å². The van der Waals surface area contributed by atoms with E-state index >= 15 is 0 Å². The van der Waals surface area contributed by atoms with Gasteiger partial charge in [0.1, 0.15) is 29.5 Å². The van der Waals surface area contributed by atoms with Crippen molar-refractivity contribution in [3.05, 3.63) is 94.8 Å². The van der Waals surface area contributed by atoms with E-state index in [0.29, 0.717) is 42.6 Å². The number of benzene rings is 1. The van der Waals surface area contributed by atoms with Crippen LogP contribution in [0.3, 0.4) is 0 Å². The van der Waals surface area contributed by atoms with Crippen LogP contribution >= 0.6 is 0 Å². The number of esters is 1. The molecule has 12 nitrogen and oxygen atoms in total. The fourth-order valence-electron chi connectivity index (χ4n) is 4.69. The van der Waals surface area contributed by atoms with E-state index < -0.39 is 5.97 Å². The van der Waals surface area contributed by atoms with Crippen molar-refractivity contribution in [2.45, 2.75) is 13.5 Å². The van der Waals surface area contributed by atoms with Crippen LogP contribution in [-0.2, 0) is 11.3 Å². The first-order valence-electron chi connectivity index (χ1n) is 13.1. The van der Waals surface area contributed by atoms with Gasteiger partial charge in [0.2, 0.25) is 0 Å². The highest BCUT2D eigenvalue weighted by Crippen LogP contribution is 2.41. The summed E-state index contributed by atoms with van der Waals surface area (Å²) < 4.78 is 19.5. The fourth-order valence-corrected chi connectivity index (χ4v) is 4.69. The number of carbonyl (C=O) groups is 1. The minimum absolute atomic E-state index is 0.154. The molecule has 5 aromatic rings. The summed E-state index contributed by atoms with van der Waals surface area (Å²) in [4.78, 5) is 37.2. The third kappa shape index (κ3) is 4.91. The number of imidazole rings is 1. The van der Waals surface area contributed by atoms with E-state index in [-0.39, 0.29) is 29.4 Å². The van der Waals surface area contributed by atoms with Crippen molar-refractivity contribution in [2.24, 2.45) is 0 Å². The van der Waals surface area contributed by atoms with Crippen molar-refractivity contribution in [3.63, 3.8) is 0 Å². The van der Waals surface area contributed by atoms with Gasteiger partial charge in [-0.05, 0) is 48.9 Å². The minimum Gasteiger partial charge on any atom is -0.497 e. The highest BCUT2D eigenvalue weighted by molar-refractivity contribution is 5.91. The Morgan fingerprint density at radius 2 is 1.95 bits per heavy atom. The van der Waals surface area contributed by atoms with E-state index in [1.54, 1.807) is 50.7 Å². The monoisotopic (exact) mass is 553 g/mol. The van der Waals surface area contributed by atoms with Crippen molar-refractivity contribution in [1.82, 2.24) is 24.1 Å². The van der Waals surface area contributed by atoms with Crippen LogP contribution in [0.4, 0.5) is 17.2 Å². The van der Waals surface area contributed by atoms with Gasteiger partial charge in [-0.15, -0.1) is 5.10 Å². The average Bonchev–Trinajstić information content (AvgIpc) is 3.43. The van der Waals surface area contributed by atoms with Crippen LogP contribution in [0.25, 0.3) is 11.5 Å². The van der Waals surface area contributed by atoms with E-state index in [0.717, 1.165) is 11.3 Å². The Kier molecular flexibility index (Phi) is 6.94. The minimum atomic E-state index is -0.561. The van der Waals surface area contributed by atoms with Gasteiger partial charge in [-0.25, -0.2) is 19.3 Å². The molecule has 5 heterocycles. The zero-order valence-corrected chi connectivity index (χ0v) is 22.5. The van der Waals surface area contributed by atoms with Gasteiger partial charge in [-0.1, -0.05) is 18.2 Å². The molecule has 4 aromatic heterocycles. The molecule has 6 rings (SSSR count). The molecule has 208 valence electrons. The van der Waals surface area contributed by atoms with Crippen molar-refractivity contribution < 1.29 is 19.0 Å². The molecule has 0 atom stereocenters. The molecule has 0 bridgehead atoms. The largest absolute Gasteiger partial charge is 0.497 e. The van der Waals surface area contributed by atoms with Gasteiger partial charge in [-0.2, -0.15) is 0 Å². The number of rotatable bonds is 8. The summed E-state index contributed by atoms with van der Waals surface area (Å²) in [6.07, 6.45) is 4.69. The summed E-state index contributed by atoms with van der Waals surface area (Å²) in [6.45, 7) is 3.42. The lowest BCUT2D eigenvalue weighted by Gasteiger charge is -2.32. The third-order valence-electron chi connectivity index (χ3n) is 6.62. The molecule has 41 heavy (non-hydrogen) atoms. The zero-order valence-electron chi connectivity index (χ0n) is 22.5. The molecular formula is C29H27N7O5. The number of aromatic nitrogens is 5. The summed E-state index contributed by atoms with van der Waals surface area (Å²) in [6, 6.07) is 16.5. The van der Waals surface area contributed by atoms with Crippen LogP contribution in [0.2, 0.25) is 0 Å². The van der Waals surface area contributed by atoms with Gasteiger partial charge in [0.05, 0.1) is 26.5 Å². The molecule has 0 saturated heterocycles. The molecule has 0 spiro atoms. The Morgan fingerprint density at radius 3 is 2.71 bits per heavy atom. The number of methoxy groups -OCH3 is 1. The molecule has 0 aliphatic carbocycles. The van der Waals surface area contributed by atoms with Gasteiger partial charge >= 0.3 is 5.97 Å². The quantitative estimate of drug-likeness (QED) is 0.285. The second kappa shape index (κ2) is 11.0. The molecule has 1 N–H and O–H groups in total. The summed E-state index contributed by atoms with van der Waals surface area (Å²) >= 11 is 0. The molecule has 0 fully saturated rings. The summed E-state index contributed by atoms with van der Waals surface area (Å²) in [5.41, 5.74) is 2.19. The summed E-state index contributed by atoms with van der Waals surface area (Å²) in [5, 5.41) is 7.81. The summed E-state index contributed by atoms with van der Waals surface area (Å²) in [7, 11) is 1.63. The van der Waals surface area contributed by atoms with Crippen LogP contribution < -0.4 is 25.2 Å². The van der Waals surface area contributed by atoms with Gasteiger partial charge < -0.3 is 24.4 Å². The van der Waals surface area contributed by atoms with Crippen LogP contribution in [0.1, 0.15) is 23.0 Å². The van der Waals surface area contributed by atoms with Crippen LogP contribution in [-0.4, -0.2) is 57.0 Å². The number of anilines is 3. The highest BCUT2D eigenvalue weighted by Gasteiger charge is 2.30. The van der Waals surface area contributed by atoms with E-state index in [1.165, 1.54) is 15.3 Å². The number of fused-ring (bicyclic) bond motifs is 3. The lowest BCUT2D eigenvalue weighted by molar-refractivity contribution is 0.0516. The molecule has 1 aromatic carbocycles. The Balaban J connectivity index is 1.47. The molecule has 0 unspecified atom stereocenters. The van der Waals surface area contributed by atoms with Crippen molar-refractivity contribution in [3.8, 4) is 17.3 Å². The van der Waals surface area contributed by atoms with Gasteiger partial charge in [0.25, 0.3) is 5.56 Å². The standard InChI is InChI=1S/C29H27N7O5/c1-3-40-29(38)22-17-31-27-24-25(41-16-15-34(24)18-19-9-11-20(39-2)12-10-19)26(33-36(22)27)32-21-7-6-14-35(28(21)37)23-8-4-5-13-30-23/h4-14,17H,3,15-16,18H2,1-2H3,(H,32,33). The second-order valence-electron chi connectivity index (χ2n) is 9.15. The summed E-state index contributed by atoms with van der Waals surface area (Å²) in [5.74, 6) is 1.36. The van der Waals surface area contributed by atoms with Gasteiger partial charge in [-0.3, -0.25) is 9.36 Å². The number of nitrogens with one attached hydrogen (secondary N) is 1. The molecular weight excluding hydrogens is 526 g/mol. The number of pyridine rings is 2. The Hall–Kier alpha value is -5.39. The first-order valence-corrected chi connectivity index (χ1v) is 13.1. The van der Waals surface area contributed by atoms with Crippen LogP contribution in [0.15, 0.2) is 78.0 Å². The van der Waals surface area contributed by atoms with Crippen molar-refractivity contribution >= 4 is 28.8 Å². The normalized spacial score (nSPS) is 12.5. The predicted molar refractivity (Wildman–Crippen MR) is 152 cm³/mol. The first kappa shape index (κ1) is 25.9. The van der Waals surface area contributed by atoms with E-state index in [2.05, 4.69) is 25.3 Å². The lowest BCUT2D eigenvalue weighted by atomic mass is 10.1.